The zero-order chi connectivity index (χ0) is 13.2. The van der Waals surface area contributed by atoms with E-state index in [1.54, 1.807) is 11.8 Å². The molecule has 1 aromatic heterocycles. The predicted molar refractivity (Wildman–Crippen MR) is 78.0 cm³/mol. The molecule has 1 unspecified atom stereocenters. The highest BCUT2D eigenvalue weighted by Gasteiger charge is 2.23. The van der Waals surface area contributed by atoms with Crippen molar-refractivity contribution in [3.63, 3.8) is 0 Å². The predicted octanol–water partition coefficient (Wildman–Crippen LogP) is 2.20. The Morgan fingerprint density at radius 2 is 2.00 bits per heavy atom. The second-order valence-electron chi connectivity index (χ2n) is 5.54. The maximum absolute atomic E-state index is 4.59. The fraction of sp³-hybridized carbons (Fsp3) is 0.769. The lowest BCUT2D eigenvalue weighted by atomic mass is 10.1. The molecule has 0 aliphatic carbocycles. The first-order chi connectivity index (χ1) is 9.24. The van der Waals surface area contributed by atoms with Crippen LogP contribution in [0.4, 0.5) is 0 Å². The molecule has 5 nitrogen and oxygen atoms in total. The van der Waals surface area contributed by atoms with Crippen LogP contribution in [0.2, 0.25) is 0 Å². The fourth-order valence-corrected chi connectivity index (χ4v) is 3.50. The van der Waals surface area contributed by atoms with Crippen LogP contribution < -0.4 is 0 Å². The summed E-state index contributed by atoms with van der Waals surface area (Å²) in [6.07, 6.45) is 4.04. The summed E-state index contributed by atoms with van der Waals surface area (Å²) in [5.41, 5.74) is 1.14. The number of fused-ring (bicyclic) bond motifs is 1. The Balaban J connectivity index is 1.73. The van der Waals surface area contributed by atoms with E-state index in [1.165, 1.54) is 32.4 Å². The van der Waals surface area contributed by atoms with Gasteiger partial charge in [0, 0.05) is 23.9 Å². The maximum atomic E-state index is 4.59. The van der Waals surface area contributed by atoms with Crippen molar-refractivity contribution in [2.45, 2.75) is 44.2 Å². The van der Waals surface area contributed by atoms with Gasteiger partial charge in [-0.2, -0.15) is 9.78 Å². The highest BCUT2D eigenvalue weighted by molar-refractivity contribution is 7.99. The third kappa shape index (κ3) is 2.84. The minimum atomic E-state index is 0.384. The number of hydrogen-bond acceptors (Lipinski definition) is 5. The summed E-state index contributed by atoms with van der Waals surface area (Å²) in [4.78, 5) is 2.54. The molecule has 0 spiro atoms. The molecule has 0 saturated carbocycles. The summed E-state index contributed by atoms with van der Waals surface area (Å²) in [5.74, 6) is 2.32. The SMILES string of the molecule is CC1=Nn2c(nnc2C(C)CN2CCCCC2)SC1. The van der Waals surface area contributed by atoms with Crippen LogP contribution >= 0.6 is 11.8 Å². The van der Waals surface area contributed by atoms with Gasteiger partial charge < -0.3 is 4.90 Å². The maximum Gasteiger partial charge on any atom is 0.212 e. The number of hydrogen-bond donors (Lipinski definition) is 0. The van der Waals surface area contributed by atoms with Gasteiger partial charge in [-0.3, -0.25) is 0 Å². The normalized spacial score (nSPS) is 21.9. The molecule has 1 saturated heterocycles. The lowest BCUT2D eigenvalue weighted by Gasteiger charge is -2.28. The molecule has 3 rings (SSSR count). The molecule has 19 heavy (non-hydrogen) atoms. The highest BCUT2D eigenvalue weighted by atomic mass is 32.2. The van der Waals surface area contributed by atoms with Gasteiger partial charge in [-0.1, -0.05) is 25.1 Å². The molecule has 2 aliphatic rings. The lowest BCUT2D eigenvalue weighted by molar-refractivity contribution is 0.216. The Bertz CT molecular complexity index is 475. The first-order valence-corrected chi connectivity index (χ1v) is 8.07. The van der Waals surface area contributed by atoms with Gasteiger partial charge in [-0.05, 0) is 32.9 Å². The first-order valence-electron chi connectivity index (χ1n) is 7.09. The van der Waals surface area contributed by atoms with E-state index in [-0.39, 0.29) is 0 Å². The van der Waals surface area contributed by atoms with Gasteiger partial charge in [0.25, 0.3) is 0 Å². The molecule has 0 N–H and O–H groups in total. The molecule has 2 aliphatic heterocycles. The third-order valence-corrected chi connectivity index (χ3v) is 4.81. The van der Waals surface area contributed by atoms with Crippen molar-refractivity contribution in [1.29, 1.82) is 0 Å². The van der Waals surface area contributed by atoms with Crippen LogP contribution in [0.3, 0.4) is 0 Å². The van der Waals surface area contributed by atoms with Gasteiger partial charge in [-0.25, -0.2) is 0 Å². The smallest absolute Gasteiger partial charge is 0.212 e. The standard InChI is InChI=1S/C13H21N5S/c1-10(8-17-6-4-3-5-7-17)12-14-15-13-18(12)16-11(2)9-19-13/h10H,3-9H2,1-2H3. The monoisotopic (exact) mass is 279 g/mol. The van der Waals surface area contributed by atoms with Gasteiger partial charge in [0.05, 0.1) is 0 Å². The second-order valence-corrected chi connectivity index (χ2v) is 6.48. The second kappa shape index (κ2) is 5.63. The van der Waals surface area contributed by atoms with Crippen molar-refractivity contribution in [2.75, 3.05) is 25.4 Å². The number of nitrogens with zero attached hydrogens (tertiary/aromatic N) is 5. The van der Waals surface area contributed by atoms with Gasteiger partial charge >= 0.3 is 0 Å². The van der Waals surface area contributed by atoms with Gasteiger partial charge in [0.1, 0.15) is 0 Å². The van der Waals surface area contributed by atoms with Crippen LogP contribution in [0.25, 0.3) is 0 Å². The number of piperidine rings is 1. The average molecular weight is 279 g/mol. The third-order valence-electron chi connectivity index (χ3n) is 3.74. The summed E-state index contributed by atoms with van der Waals surface area (Å²) >= 11 is 1.73. The Morgan fingerprint density at radius 3 is 2.79 bits per heavy atom. The molecule has 104 valence electrons. The summed E-state index contributed by atoms with van der Waals surface area (Å²) < 4.78 is 1.94. The van der Waals surface area contributed by atoms with Crippen molar-refractivity contribution < 1.29 is 0 Å². The van der Waals surface area contributed by atoms with E-state index in [0.717, 1.165) is 29.0 Å². The molecule has 0 radical (unpaired) electrons. The van der Waals surface area contributed by atoms with Crippen LogP contribution in [-0.2, 0) is 0 Å². The summed E-state index contributed by atoms with van der Waals surface area (Å²) in [7, 11) is 0. The summed E-state index contributed by atoms with van der Waals surface area (Å²) in [5, 5.41) is 14.1. The zero-order valence-corrected chi connectivity index (χ0v) is 12.5. The van der Waals surface area contributed by atoms with Crippen molar-refractivity contribution in [3.8, 4) is 0 Å². The molecule has 0 amide bonds. The minimum Gasteiger partial charge on any atom is -0.303 e. The lowest BCUT2D eigenvalue weighted by Crippen LogP contribution is -2.33. The fourth-order valence-electron chi connectivity index (χ4n) is 2.75. The molecule has 1 atom stereocenters. The van der Waals surface area contributed by atoms with E-state index < -0.39 is 0 Å². The Labute approximate surface area is 118 Å². The highest BCUT2D eigenvalue weighted by Crippen LogP contribution is 2.26. The van der Waals surface area contributed by atoms with E-state index in [1.807, 2.05) is 4.68 Å². The van der Waals surface area contributed by atoms with Crippen LogP contribution in [0.15, 0.2) is 10.3 Å². The van der Waals surface area contributed by atoms with Crippen molar-refractivity contribution in [2.24, 2.45) is 5.10 Å². The van der Waals surface area contributed by atoms with E-state index in [0.29, 0.717) is 5.92 Å². The molecule has 6 heteroatoms. The number of aromatic nitrogens is 3. The van der Waals surface area contributed by atoms with E-state index >= 15 is 0 Å². The summed E-state index contributed by atoms with van der Waals surface area (Å²) in [6, 6.07) is 0. The van der Waals surface area contributed by atoms with Gasteiger partial charge in [-0.15, -0.1) is 10.2 Å². The molecule has 3 heterocycles. The van der Waals surface area contributed by atoms with Gasteiger partial charge in [0.15, 0.2) is 5.82 Å². The molecular weight excluding hydrogens is 258 g/mol. The average Bonchev–Trinajstić information content (AvgIpc) is 2.82. The Kier molecular flexibility index (Phi) is 3.88. The molecule has 0 bridgehead atoms. The number of thioether (sulfide) groups is 1. The van der Waals surface area contributed by atoms with E-state index in [9.17, 15) is 0 Å². The van der Waals surface area contributed by atoms with E-state index in [2.05, 4.69) is 34.0 Å². The van der Waals surface area contributed by atoms with Crippen LogP contribution in [0.1, 0.15) is 44.9 Å². The molecule has 1 aromatic rings. The van der Waals surface area contributed by atoms with Gasteiger partial charge in [0.2, 0.25) is 5.16 Å². The molecule has 1 fully saturated rings. The van der Waals surface area contributed by atoms with Crippen molar-refractivity contribution in [1.82, 2.24) is 19.8 Å². The quantitative estimate of drug-likeness (QED) is 0.851. The van der Waals surface area contributed by atoms with E-state index in [4.69, 9.17) is 0 Å². The Morgan fingerprint density at radius 1 is 1.21 bits per heavy atom. The Hall–Kier alpha value is -0.880. The van der Waals surface area contributed by atoms with Crippen molar-refractivity contribution in [3.05, 3.63) is 5.82 Å². The summed E-state index contributed by atoms with van der Waals surface area (Å²) in [6.45, 7) is 7.81. The van der Waals surface area contributed by atoms with Crippen LogP contribution in [0, 0.1) is 0 Å². The van der Waals surface area contributed by atoms with Crippen LogP contribution in [-0.4, -0.2) is 50.9 Å². The van der Waals surface area contributed by atoms with Crippen molar-refractivity contribution >= 4 is 17.5 Å². The van der Waals surface area contributed by atoms with Crippen LogP contribution in [0.5, 0.6) is 0 Å². The molecule has 0 aromatic carbocycles. The number of likely N-dealkylation sites (tertiary alicyclic amines) is 1. The molecular formula is C13H21N5S. The first kappa shape index (κ1) is 13.1. The topological polar surface area (TPSA) is 46.3 Å². The zero-order valence-electron chi connectivity index (χ0n) is 11.7. The minimum absolute atomic E-state index is 0.384. The largest absolute Gasteiger partial charge is 0.303 e. The number of rotatable bonds is 3.